The second kappa shape index (κ2) is 7.06. The van der Waals surface area contributed by atoms with Crippen LogP contribution in [-0.4, -0.2) is 28.5 Å². The third-order valence-electron chi connectivity index (χ3n) is 2.81. The monoisotopic (exact) mass is 250 g/mol. The number of hydrogen-bond donors (Lipinski definition) is 2. The molecule has 1 unspecified atom stereocenters. The molecule has 0 aliphatic rings. The van der Waals surface area contributed by atoms with Crippen LogP contribution in [0.5, 0.6) is 0 Å². The topological polar surface area (TPSA) is 66.9 Å². The fourth-order valence-corrected chi connectivity index (χ4v) is 1.29. The van der Waals surface area contributed by atoms with Gasteiger partial charge in [0, 0.05) is 25.0 Å². The van der Waals surface area contributed by atoms with Gasteiger partial charge in [-0.1, -0.05) is 13.8 Å². The molecule has 5 heteroatoms. The summed E-state index contributed by atoms with van der Waals surface area (Å²) in [6.45, 7) is 8.92. The molecular weight excluding hydrogens is 228 g/mol. The van der Waals surface area contributed by atoms with Crippen molar-refractivity contribution in [2.45, 2.75) is 40.3 Å². The van der Waals surface area contributed by atoms with Crippen molar-refractivity contribution < 1.29 is 4.79 Å². The zero-order valence-corrected chi connectivity index (χ0v) is 11.5. The number of carbonyl (C=O) groups is 1. The Kier molecular flexibility index (Phi) is 5.71. The van der Waals surface area contributed by atoms with Gasteiger partial charge in [-0.25, -0.2) is 0 Å². The van der Waals surface area contributed by atoms with Crippen molar-refractivity contribution in [1.82, 2.24) is 20.6 Å². The van der Waals surface area contributed by atoms with Gasteiger partial charge < -0.3 is 10.6 Å². The number of amides is 1. The molecule has 0 fully saturated rings. The first-order valence-electron chi connectivity index (χ1n) is 6.26. The van der Waals surface area contributed by atoms with E-state index in [1.165, 1.54) is 0 Å². The lowest BCUT2D eigenvalue weighted by atomic mass is 10.1. The van der Waals surface area contributed by atoms with E-state index in [2.05, 4.69) is 34.4 Å². The van der Waals surface area contributed by atoms with E-state index in [1.807, 2.05) is 13.8 Å². The van der Waals surface area contributed by atoms with Gasteiger partial charge in [-0.3, -0.25) is 14.8 Å². The molecular formula is C13H22N4O. The Labute approximate surface area is 108 Å². The second-order valence-electron chi connectivity index (χ2n) is 4.85. The Morgan fingerprint density at radius 1 is 1.28 bits per heavy atom. The van der Waals surface area contributed by atoms with E-state index in [9.17, 15) is 4.79 Å². The van der Waals surface area contributed by atoms with Crippen molar-refractivity contribution in [3.8, 4) is 0 Å². The molecule has 1 aromatic heterocycles. The van der Waals surface area contributed by atoms with Crippen LogP contribution < -0.4 is 10.6 Å². The van der Waals surface area contributed by atoms with Crippen LogP contribution in [0.25, 0.3) is 0 Å². The largest absolute Gasteiger partial charge is 0.352 e. The Bertz CT molecular complexity index is 375. The molecule has 1 amide bonds. The highest BCUT2D eigenvalue weighted by Gasteiger charge is 2.10. The van der Waals surface area contributed by atoms with Crippen LogP contribution in [0.15, 0.2) is 12.4 Å². The molecule has 18 heavy (non-hydrogen) atoms. The van der Waals surface area contributed by atoms with Gasteiger partial charge in [0.1, 0.15) is 0 Å². The lowest BCUT2D eigenvalue weighted by Crippen LogP contribution is -2.41. The standard InChI is InChI=1S/C13H22N4O/c1-9(2)11(4)17-13(18)8-14-6-12-7-15-10(3)5-16-12/h5,7,9,11,14H,6,8H2,1-4H3,(H,17,18). The first-order chi connectivity index (χ1) is 8.49. The SMILES string of the molecule is Cc1cnc(CNCC(=O)NC(C)C(C)C)cn1. The molecule has 0 bridgehead atoms. The molecule has 1 rings (SSSR count). The van der Waals surface area contributed by atoms with Crippen LogP contribution in [0.3, 0.4) is 0 Å². The van der Waals surface area contributed by atoms with Crippen molar-refractivity contribution in [3.63, 3.8) is 0 Å². The molecule has 0 aromatic carbocycles. The summed E-state index contributed by atoms with van der Waals surface area (Å²) in [6.07, 6.45) is 3.44. The van der Waals surface area contributed by atoms with E-state index >= 15 is 0 Å². The number of rotatable bonds is 6. The van der Waals surface area contributed by atoms with E-state index in [-0.39, 0.29) is 11.9 Å². The molecule has 0 aliphatic heterocycles. The van der Waals surface area contributed by atoms with E-state index in [0.29, 0.717) is 19.0 Å². The van der Waals surface area contributed by atoms with Crippen molar-refractivity contribution >= 4 is 5.91 Å². The predicted octanol–water partition coefficient (Wildman–Crippen LogP) is 1.04. The molecule has 1 atom stereocenters. The van der Waals surface area contributed by atoms with E-state index in [1.54, 1.807) is 12.4 Å². The maximum atomic E-state index is 11.6. The molecule has 0 saturated heterocycles. The lowest BCUT2D eigenvalue weighted by Gasteiger charge is -2.17. The summed E-state index contributed by atoms with van der Waals surface area (Å²) >= 11 is 0. The minimum atomic E-state index is 0.0104. The quantitative estimate of drug-likeness (QED) is 0.791. The Balaban J connectivity index is 2.25. The van der Waals surface area contributed by atoms with Crippen LogP contribution in [0.4, 0.5) is 0 Å². The maximum absolute atomic E-state index is 11.6. The molecule has 0 spiro atoms. The van der Waals surface area contributed by atoms with Gasteiger partial charge in [0.05, 0.1) is 17.9 Å². The summed E-state index contributed by atoms with van der Waals surface area (Å²) in [6, 6.07) is 0.193. The number of hydrogen-bond acceptors (Lipinski definition) is 4. The lowest BCUT2D eigenvalue weighted by molar-refractivity contribution is -0.121. The van der Waals surface area contributed by atoms with Gasteiger partial charge >= 0.3 is 0 Å². The highest BCUT2D eigenvalue weighted by Crippen LogP contribution is 1.99. The summed E-state index contributed by atoms with van der Waals surface area (Å²) in [5, 5.41) is 5.99. The van der Waals surface area contributed by atoms with Crippen LogP contribution >= 0.6 is 0 Å². The van der Waals surface area contributed by atoms with E-state index in [0.717, 1.165) is 11.4 Å². The third-order valence-corrected chi connectivity index (χ3v) is 2.81. The molecule has 0 radical (unpaired) electrons. The third kappa shape index (κ3) is 5.23. The summed E-state index contributed by atoms with van der Waals surface area (Å²) in [5.74, 6) is 0.452. The number of aryl methyl sites for hydroxylation is 1. The van der Waals surface area contributed by atoms with Gasteiger partial charge in [-0.15, -0.1) is 0 Å². The normalized spacial score (nSPS) is 12.5. The first kappa shape index (κ1) is 14.6. The van der Waals surface area contributed by atoms with E-state index in [4.69, 9.17) is 0 Å². The van der Waals surface area contributed by atoms with Gasteiger partial charge in [0.25, 0.3) is 0 Å². The molecule has 1 heterocycles. The summed E-state index contributed by atoms with van der Waals surface area (Å²) in [4.78, 5) is 19.9. The Morgan fingerprint density at radius 3 is 2.56 bits per heavy atom. The van der Waals surface area contributed by atoms with Gasteiger partial charge in [0.15, 0.2) is 0 Å². The Morgan fingerprint density at radius 2 is 2.00 bits per heavy atom. The minimum Gasteiger partial charge on any atom is -0.352 e. The van der Waals surface area contributed by atoms with Gasteiger partial charge in [0.2, 0.25) is 5.91 Å². The molecule has 2 N–H and O–H groups in total. The maximum Gasteiger partial charge on any atom is 0.234 e. The average Bonchev–Trinajstić information content (AvgIpc) is 2.31. The number of nitrogens with one attached hydrogen (secondary N) is 2. The van der Waals surface area contributed by atoms with Gasteiger partial charge in [-0.2, -0.15) is 0 Å². The fourth-order valence-electron chi connectivity index (χ4n) is 1.29. The summed E-state index contributed by atoms with van der Waals surface area (Å²) < 4.78 is 0. The smallest absolute Gasteiger partial charge is 0.234 e. The van der Waals surface area contributed by atoms with E-state index < -0.39 is 0 Å². The molecule has 1 aromatic rings. The predicted molar refractivity (Wildman–Crippen MR) is 70.9 cm³/mol. The number of carbonyl (C=O) groups excluding carboxylic acids is 1. The number of aromatic nitrogens is 2. The van der Waals surface area contributed by atoms with Crippen LogP contribution in [0, 0.1) is 12.8 Å². The summed E-state index contributed by atoms with van der Waals surface area (Å²) in [7, 11) is 0. The molecule has 5 nitrogen and oxygen atoms in total. The average molecular weight is 250 g/mol. The summed E-state index contributed by atoms with van der Waals surface area (Å²) in [5.41, 5.74) is 1.73. The van der Waals surface area contributed by atoms with Crippen molar-refractivity contribution in [3.05, 3.63) is 23.8 Å². The number of nitrogens with zero attached hydrogens (tertiary/aromatic N) is 2. The zero-order chi connectivity index (χ0) is 13.5. The fraction of sp³-hybridized carbons (Fsp3) is 0.615. The first-order valence-corrected chi connectivity index (χ1v) is 6.26. The molecule has 0 aliphatic carbocycles. The van der Waals surface area contributed by atoms with Crippen molar-refractivity contribution in [1.29, 1.82) is 0 Å². The van der Waals surface area contributed by atoms with Crippen molar-refractivity contribution in [2.75, 3.05) is 6.54 Å². The highest BCUT2D eigenvalue weighted by atomic mass is 16.1. The van der Waals surface area contributed by atoms with Crippen molar-refractivity contribution in [2.24, 2.45) is 5.92 Å². The second-order valence-corrected chi connectivity index (χ2v) is 4.85. The molecule has 100 valence electrons. The van der Waals surface area contributed by atoms with Crippen LogP contribution in [0.2, 0.25) is 0 Å². The Hall–Kier alpha value is -1.49. The molecule has 0 saturated carbocycles. The van der Waals surface area contributed by atoms with Gasteiger partial charge in [-0.05, 0) is 19.8 Å². The zero-order valence-electron chi connectivity index (χ0n) is 11.5. The minimum absolute atomic E-state index is 0.0104. The van der Waals surface area contributed by atoms with Crippen LogP contribution in [-0.2, 0) is 11.3 Å². The van der Waals surface area contributed by atoms with Crippen LogP contribution in [0.1, 0.15) is 32.2 Å². The highest BCUT2D eigenvalue weighted by molar-refractivity contribution is 5.78.